The Morgan fingerprint density at radius 1 is 1.00 bits per heavy atom. The molecule has 2 aromatic rings. The zero-order valence-electron chi connectivity index (χ0n) is 16.7. The Kier molecular flexibility index (Phi) is 6.29. The molecular weight excluding hydrogens is 358 g/mol. The highest BCUT2D eigenvalue weighted by Gasteiger charge is 2.42. The lowest BCUT2D eigenvalue weighted by atomic mass is 9.84. The van der Waals surface area contributed by atoms with E-state index in [4.69, 9.17) is 4.99 Å². The number of likely N-dealkylation sites (tertiary alicyclic amines) is 1. The van der Waals surface area contributed by atoms with Crippen LogP contribution in [-0.4, -0.2) is 36.4 Å². The summed E-state index contributed by atoms with van der Waals surface area (Å²) < 4.78 is 27.4. The molecule has 0 radical (unpaired) electrons. The van der Waals surface area contributed by atoms with Crippen LogP contribution in [0.15, 0.2) is 47.5 Å². The van der Waals surface area contributed by atoms with Crippen LogP contribution in [-0.2, 0) is 6.54 Å². The molecule has 6 heteroatoms. The molecule has 4 rings (SSSR count). The Morgan fingerprint density at radius 2 is 1.61 bits per heavy atom. The molecule has 0 amide bonds. The Labute approximate surface area is 165 Å². The van der Waals surface area contributed by atoms with Gasteiger partial charge in [0, 0.05) is 25.2 Å². The normalized spacial score (nSPS) is 19.2. The van der Waals surface area contributed by atoms with Gasteiger partial charge in [-0.25, -0.2) is 8.78 Å². The van der Waals surface area contributed by atoms with Crippen LogP contribution in [0.2, 0.25) is 0 Å². The second-order valence-corrected chi connectivity index (χ2v) is 7.10. The molecule has 2 heterocycles. The van der Waals surface area contributed by atoms with Crippen LogP contribution < -0.4 is 10.6 Å². The first-order chi connectivity index (χ1) is 13.6. The molecule has 2 N–H and O–H groups in total. The summed E-state index contributed by atoms with van der Waals surface area (Å²) in [4.78, 5) is 7.08. The van der Waals surface area contributed by atoms with E-state index in [0.717, 1.165) is 37.3 Å². The van der Waals surface area contributed by atoms with E-state index in [-0.39, 0.29) is 5.54 Å². The van der Waals surface area contributed by atoms with Crippen LogP contribution in [0.5, 0.6) is 0 Å². The fraction of sp³-hybridized carbons (Fsp3) is 0.409. The summed E-state index contributed by atoms with van der Waals surface area (Å²) in [7, 11) is 2.09. The van der Waals surface area contributed by atoms with Crippen molar-refractivity contribution in [2.45, 2.75) is 38.8 Å². The molecule has 0 unspecified atom stereocenters. The number of piperidine rings is 1. The number of amidine groups is 1. The lowest BCUT2D eigenvalue weighted by molar-refractivity contribution is 0.240. The van der Waals surface area contributed by atoms with Crippen LogP contribution in [0.3, 0.4) is 0 Å². The highest BCUT2D eigenvalue weighted by atomic mass is 19.2. The Morgan fingerprint density at radius 3 is 2.25 bits per heavy atom. The van der Waals surface area contributed by atoms with Gasteiger partial charge < -0.3 is 15.5 Å². The summed E-state index contributed by atoms with van der Waals surface area (Å²) in [6.07, 6.45) is 1.70. The molecule has 2 aliphatic rings. The van der Waals surface area contributed by atoms with Gasteiger partial charge in [-0.15, -0.1) is 0 Å². The van der Waals surface area contributed by atoms with Gasteiger partial charge in [-0.05, 0) is 25.5 Å². The van der Waals surface area contributed by atoms with Gasteiger partial charge in [0.05, 0.1) is 23.5 Å². The summed E-state index contributed by atoms with van der Waals surface area (Å²) >= 11 is 0. The summed E-state index contributed by atoms with van der Waals surface area (Å²) in [6.45, 7) is 6.37. The predicted molar refractivity (Wildman–Crippen MR) is 112 cm³/mol. The van der Waals surface area contributed by atoms with Crippen LogP contribution in [0, 0.1) is 11.6 Å². The lowest BCUT2D eigenvalue weighted by Gasteiger charge is -2.46. The number of rotatable bonds is 2. The van der Waals surface area contributed by atoms with Crippen molar-refractivity contribution in [3.8, 4) is 0 Å². The third-order valence-corrected chi connectivity index (χ3v) is 5.24. The van der Waals surface area contributed by atoms with Crippen molar-refractivity contribution in [1.29, 1.82) is 0 Å². The highest BCUT2D eigenvalue weighted by Crippen LogP contribution is 2.38. The van der Waals surface area contributed by atoms with E-state index in [2.05, 4.69) is 22.6 Å². The number of nitrogens with zero attached hydrogens (tertiary/aromatic N) is 2. The minimum absolute atomic E-state index is 0.376. The topological polar surface area (TPSA) is 39.7 Å². The molecule has 0 saturated carbocycles. The van der Waals surface area contributed by atoms with Gasteiger partial charge in [-0.1, -0.05) is 44.2 Å². The molecule has 2 aliphatic heterocycles. The minimum Gasteiger partial charge on any atom is -0.371 e. The minimum atomic E-state index is -0.861. The number of aliphatic imine (C=N–C) groups is 1. The van der Waals surface area contributed by atoms with E-state index in [1.165, 1.54) is 12.1 Å². The summed E-state index contributed by atoms with van der Waals surface area (Å²) in [5, 5.41) is 6.73. The third kappa shape index (κ3) is 4.17. The fourth-order valence-corrected chi connectivity index (χ4v) is 3.62. The van der Waals surface area contributed by atoms with Crippen molar-refractivity contribution < 1.29 is 8.78 Å². The largest absolute Gasteiger partial charge is 0.371 e. The number of benzene rings is 2. The van der Waals surface area contributed by atoms with Crippen molar-refractivity contribution in [2.75, 3.05) is 30.8 Å². The number of fused-ring (bicyclic) bond motifs is 1. The molecule has 1 saturated heterocycles. The van der Waals surface area contributed by atoms with Gasteiger partial charge in [0.25, 0.3) is 0 Å². The molecule has 0 aromatic heterocycles. The first kappa shape index (κ1) is 20.3. The Hall–Kier alpha value is -2.47. The van der Waals surface area contributed by atoms with Crippen molar-refractivity contribution in [2.24, 2.45) is 4.99 Å². The Bertz CT molecular complexity index is 828. The molecule has 0 bridgehead atoms. The molecule has 1 spiro atoms. The van der Waals surface area contributed by atoms with Gasteiger partial charge in [0.15, 0.2) is 11.6 Å². The molecule has 0 atom stereocenters. The average molecular weight is 386 g/mol. The van der Waals surface area contributed by atoms with Crippen LogP contribution in [0.4, 0.5) is 20.2 Å². The maximum atomic E-state index is 13.7. The van der Waals surface area contributed by atoms with Crippen LogP contribution >= 0.6 is 0 Å². The molecular formula is C22H28F2N4. The molecule has 0 aliphatic carbocycles. The summed E-state index contributed by atoms with van der Waals surface area (Å²) in [6, 6.07) is 12.4. The standard InChI is InChI=1S/C20H22F2N4.C2H6/c1-26-9-7-20(8-10-26)19(23-13-14-5-3-2-4-6-14)24-17-11-15(21)16(22)12-18(17)25-20;1-2/h2-6,11-12,25H,7-10,13H2,1H3,(H,23,24);1-2H3. The molecule has 150 valence electrons. The molecule has 1 fully saturated rings. The maximum Gasteiger partial charge on any atom is 0.161 e. The average Bonchev–Trinajstić information content (AvgIpc) is 2.72. The third-order valence-electron chi connectivity index (χ3n) is 5.24. The second-order valence-electron chi connectivity index (χ2n) is 7.10. The van der Waals surface area contributed by atoms with Crippen molar-refractivity contribution in [3.63, 3.8) is 0 Å². The van der Waals surface area contributed by atoms with Gasteiger partial charge in [-0.2, -0.15) is 0 Å². The lowest BCUT2D eigenvalue weighted by Crippen LogP contribution is -2.58. The monoisotopic (exact) mass is 386 g/mol. The number of anilines is 2. The first-order valence-corrected chi connectivity index (χ1v) is 9.87. The summed E-state index contributed by atoms with van der Waals surface area (Å²) in [5.41, 5.74) is 1.85. The van der Waals surface area contributed by atoms with E-state index >= 15 is 0 Å². The molecule has 28 heavy (non-hydrogen) atoms. The van der Waals surface area contributed by atoms with E-state index in [9.17, 15) is 8.78 Å². The van der Waals surface area contributed by atoms with Crippen LogP contribution in [0.1, 0.15) is 32.3 Å². The van der Waals surface area contributed by atoms with Gasteiger partial charge >= 0.3 is 0 Å². The number of hydrogen-bond donors (Lipinski definition) is 2. The number of halogens is 2. The van der Waals surface area contributed by atoms with Crippen LogP contribution in [0.25, 0.3) is 0 Å². The van der Waals surface area contributed by atoms with Gasteiger partial charge in [0.1, 0.15) is 5.84 Å². The second kappa shape index (κ2) is 8.69. The molecule has 4 nitrogen and oxygen atoms in total. The zero-order valence-corrected chi connectivity index (χ0v) is 16.7. The Balaban J connectivity index is 0.00000109. The van der Waals surface area contributed by atoms with E-state index < -0.39 is 11.6 Å². The smallest absolute Gasteiger partial charge is 0.161 e. The van der Waals surface area contributed by atoms with Gasteiger partial charge in [0.2, 0.25) is 0 Å². The van der Waals surface area contributed by atoms with Crippen molar-refractivity contribution in [3.05, 3.63) is 59.7 Å². The SMILES string of the molecule is CC.CN1CCC2(CC1)Nc1cc(F)c(F)cc1NC2=NCc1ccccc1. The van der Waals surface area contributed by atoms with E-state index in [1.54, 1.807) is 0 Å². The first-order valence-electron chi connectivity index (χ1n) is 9.87. The van der Waals surface area contributed by atoms with Crippen molar-refractivity contribution in [1.82, 2.24) is 4.90 Å². The summed E-state index contributed by atoms with van der Waals surface area (Å²) in [5.74, 6) is -0.904. The highest BCUT2D eigenvalue weighted by molar-refractivity contribution is 6.09. The molecule has 2 aromatic carbocycles. The van der Waals surface area contributed by atoms with Gasteiger partial charge in [-0.3, -0.25) is 4.99 Å². The number of nitrogens with one attached hydrogen (secondary N) is 2. The predicted octanol–water partition coefficient (Wildman–Crippen LogP) is 4.89. The van der Waals surface area contributed by atoms with E-state index in [1.807, 2.05) is 44.2 Å². The van der Waals surface area contributed by atoms with E-state index in [0.29, 0.717) is 17.9 Å². The fourth-order valence-electron chi connectivity index (χ4n) is 3.62. The number of hydrogen-bond acceptors (Lipinski definition) is 3. The quantitative estimate of drug-likeness (QED) is 0.772. The maximum absolute atomic E-state index is 13.7. The zero-order chi connectivity index (χ0) is 20.1. The van der Waals surface area contributed by atoms with Crippen molar-refractivity contribution >= 4 is 17.2 Å².